The molecule has 0 aliphatic carbocycles. The zero-order valence-electron chi connectivity index (χ0n) is 17.4. The van der Waals surface area contributed by atoms with E-state index in [1.165, 1.54) is 16.9 Å². The van der Waals surface area contributed by atoms with Gasteiger partial charge in [-0.15, -0.1) is 0 Å². The maximum atomic E-state index is 13.4. The minimum atomic E-state index is -0.671. The van der Waals surface area contributed by atoms with Crippen molar-refractivity contribution in [2.24, 2.45) is 0 Å². The summed E-state index contributed by atoms with van der Waals surface area (Å²) >= 11 is 0. The van der Waals surface area contributed by atoms with Gasteiger partial charge in [0.2, 0.25) is 5.75 Å². The zero-order chi connectivity index (χ0) is 23.1. The van der Waals surface area contributed by atoms with Crippen LogP contribution in [0.2, 0.25) is 0 Å². The third-order valence-electron chi connectivity index (χ3n) is 4.49. The summed E-state index contributed by atoms with van der Waals surface area (Å²) in [6.07, 6.45) is 2.05. The maximum Gasteiger partial charge on any atom is 0.311 e. The number of rotatable bonds is 10. The van der Waals surface area contributed by atoms with Gasteiger partial charge in [-0.1, -0.05) is 6.07 Å². The summed E-state index contributed by atoms with van der Waals surface area (Å²) in [6, 6.07) is 9.90. The number of carbonyl (C=O) groups is 1. The fourth-order valence-corrected chi connectivity index (χ4v) is 2.89. The molecule has 32 heavy (non-hydrogen) atoms. The van der Waals surface area contributed by atoms with E-state index >= 15 is 0 Å². The Labute approximate surface area is 182 Å². The van der Waals surface area contributed by atoms with Crippen molar-refractivity contribution in [1.82, 2.24) is 15.1 Å². The first kappa shape index (κ1) is 22.5. The molecular weight excluding hydrogens is 423 g/mol. The van der Waals surface area contributed by atoms with Gasteiger partial charge in [0.05, 0.1) is 19.1 Å². The largest absolute Gasteiger partial charge is 0.493 e. The molecule has 0 aliphatic heterocycles. The number of nitrogens with one attached hydrogen (secondary N) is 1. The normalized spacial score (nSPS) is 10.5. The average Bonchev–Trinajstić information content (AvgIpc) is 3.26. The fraction of sp³-hybridized carbons (Fsp3) is 0.238. The molecule has 0 atom stereocenters. The molecule has 1 N–H and O–H groups in total. The van der Waals surface area contributed by atoms with E-state index in [1.807, 2.05) is 12.1 Å². The molecule has 0 radical (unpaired) electrons. The lowest BCUT2D eigenvalue weighted by molar-refractivity contribution is -0.386. The second-order valence-corrected chi connectivity index (χ2v) is 6.58. The summed E-state index contributed by atoms with van der Waals surface area (Å²) < 4.78 is 30.4. The number of ether oxygens (including phenoxy) is 3. The van der Waals surface area contributed by atoms with Crippen LogP contribution in [0.15, 0.2) is 48.7 Å². The van der Waals surface area contributed by atoms with Crippen LogP contribution in [0.3, 0.4) is 0 Å². The Hall–Kier alpha value is -4.15. The lowest BCUT2D eigenvalue weighted by Gasteiger charge is -2.10. The molecule has 3 aromatic rings. The molecule has 11 heteroatoms. The van der Waals surface area contributed by atoms with Crippen molar-refractivity contribution >= 4 is 11.6 Å². The Morgan fingerprint density at radius 1 is 1.12 bits per heavy atom. The quantitative estimate of drug-likeness (QED) is 0.377. The number of benzene rings is 2. The van der Waals surface area contributed by atoms with Crippen LogP contribution in [0, 0.1) is 15.9 Å². The smallest absolute Gasteiger partial charge is 0.311 e. The Morgan fingerprint density at radius 2 is 1.91 bits per heavy atom. The van der Waals surface area contributed by atoms with Gasteiger partial charge in [-0.05, 0) is 36.2 Å². The number of carbonyl (C=O) groups excluding carboxylic acids is 1. The van der Waals surface area contributed by atoms with Crippen LogP contribution in [0.5, 0.6) is 17.2 Å². The molecule has 0 saturated carbocycles. The number of amides is 1. The van der Waals surface area contributed by atoms with Crippen LogP contribution < -0.4 is 19.5 Å². The predicted octanol–water partition coefficient (Wildman–Crippen LogP) is 2.96. The molecule has 0 spiro atoms. The number of halogens is 1. The third-order valence-corrected chi connectivity index (χ3v) is 4.49. The summed E-state index contributed by atoms with van der Waals surface area (Å²) in [5.41, 5.74) is 0.736. The van der Waals surface area contributed by atoms with Crippen molar-refractivity contribution in [2.45, 2.75) is 13.2 Å². The molecule has 0 unspecified atom stereocenters. The molecule has 0 bridgehead atoms. The molecule has 2 aromatic carbocycles. The minimum absolute atomic E-state index is 0.148. The lowest BCUT2D eigenvalue weighted by atomic mass is 10.1. The van der Waals surface area contributed by atoms with Gasteiger partial charge >= 0.3 is 5.69 Å². The summed E-state index contributed by atoms with van der Waals surface area (Å²) in [7, 11) is 3.11. The molecule has 0 saturated heterocycles. The maximum absolute atomic E-state index is 13.4. The molecule has 0 aliphatic rings. The highest BCUT2D eigenvalue weighted by Gasteiger charge is 2.16. The fourth-order valence-electron chi connectivity index (χ4n) is 2.89. The number of methoxy groups -OCH3 is 2. The van der Waals surface area contributed by atoms with Crippen LogP contribution in [-0.4, -0.2) is 41.4 Å². The average molecular weight is 444 g/mol. The summed E-state index contributed by atoms with van der Waals surface area (Å²) in [5.74, 6) is -0.0572. The van der Waals surface area contributed by atoms with Crippen LogP contribution in [-0.2, 0) is 13.2 Å². The highest BCUT2D eigenvalue weighted by Crippen LogP contribution is 2.28. The molecule has 0 fully saturated rings. The van der Waals surface area contributed by atoms with Gasteiger partial charge in [0.25, 0.3) is 5.91 Å². The van der Waals surface area contributed by atoms with Gasteiger partial charge in [-0.3, -0.25) is 14.9 Å². The number of aromatic nitrogens is 2. The zero-order valence-corrected chi connectivity index (χ0v) is 17.4. The molecular formula is C21H21FN4O6. The Bertz CT molecular complexity index is 1120. The number of nitro benzene ring substituents is 1. The highest BCUT2D eigenvalue weighted by molar-refractivity contribution is 5.92. The highest BCUT2D eigenvalue weighted by atomic mass is 19.1. The van der Waals surface area contributed by atoms with E-state index in [9.17, 15) is 19.3 Å². The molecule has 168 valence electrons. The van der Waals surface area contributed by atoms with Gasteiger partial charge in [0.1, 0.15) is 11.5 Å². The van der Waals surface area contributed by atoms with Gasteiger partial charge in [0.15, 0.2) is 18.2 Å². The first-order chi connectivity index (χ1) is 15.4. The van der Waals surface area contributed by atoms with Crippen molar-refractivity contribution in [3.05, 3.63) is 75.9 Å². The predicted molar refractivity (Wildman–Crippen MR) is 111 cm³/mol. The second kappa shape index (κ2) is 10.2. The standard InChI is InChI=1S/C21H21FN4O6/c1-30-18-6-3-14(11-20(18)31-2)7-9-23-21(27)16-8-10-25(24-16)13-32-19-12-15(22)4-5-17(19)26(28)29/h3-6,8,10-12H,7,9,13H2,1-2H3,(H,23,27). The number of hydrogen-bond donors (Lipinski definition) is 1. The summed E-state index contributed by atoms with van der Waals surface area (Å²) in [6.45, 7) is 0.135. The van der Waals surface area contributed by atoms with Crippen LogP contribution in [0.4, 0.5) is 10.1 Å². The van der Waals surface area contributed by atoms with E-state index in [-0.39, 0.29) is 29.8 Å². The van der Waals surface area contributed by atoms with Gasteiger partial charge < -0.3 is 19.5 Å². The Morgan fingerprint density at radius 3 is 2.62 bits per heavy atom. The van der Waals surface area contributed by atoms with Crippen molar-refractivity contribution in [1.29, 1.82) is 0 Å². The van der Waals surface area contributed by atoms with E-state index in [0.717, 1.165) is 23.8 Å². The monoisotopic (exact) mass is 444 g/mol. The second-order valence-electron chi connectivity index (χ2n) is 6.58. The number of hydrogen-bond acceptors (Lipinski definition) is 7. The first-order valence-corrected chi connectivity index (χ1v) is 9.50. The summed E-state index contributed by atoms with van der Waals surface area (Å²) in [4.78, 5) is 22.7. The van der Waals surface area contributed by atoms with Gasteiger partial charge in [-0.2, -0.15) is 5.10 Å². The van der Waals surface area contributed by atoms with E-state index in [1.54, 1.807) is 20.3 Å². The molecule has 1 heterocycles. The number of nitro groups is 1. The van der Waals surface area contributed by atoms with E-state index in [2.05, 4.69) is 10.4 Å². The molecule has 10 nitrogen and oxygen atoms in total. The first-order valence-electron chi connectivity index (χ1n) is 9.50. The van der Waals surface area contributed by atoms with Crippen LogP contribution in [0.1, 0.15) is 16.1 Å². The summed E-state index contributed by atoms with van der Waals surface area (Å²) in [5, 5.41) is 17.9. The molecule has 1 amide bonds. The minimum Gasteiger partial charge on any atom is -0.493 e. The van der Waals surface area contributed by atoms with Crippen molar-refractivity contribution < 1.29 is 28.3 Å². The SMILES string of the molecule is COc1ccc(CCNC(=O)c2ccn(COc3cc(F)ccc3[N+](=O)[O-])n2)cc1OC. The van der Waals surface area contributed by atoms with E-state index < -0.39 is 10.7 Å². The Balaban J connectivity index is 1.54. The molecule has 1 aromatic heterocycles. The molecule has 3 rings (SSSR count). The van der Waals surface area contributed by atoms with Gasteiger partial charge in [-0.25, -0.2) is 9.07 Å². The van der Waals surface area contributed by atoms with E-state index in [4.69, 9.17) is 14.2 Å². The lowest BCUT2D eigenvalue weighted by Crippen LogP contribution is -2.26. The Kier molecular flexibility index (Phi) is 7.21. The topological polar surface area (TPSA) is 118 Å². The van der Waals surface area contributed by atoms with Crippen LogP contribution >= 0.6 is 0 Å². The van der Waals surface area contributed by atoms with Crippen molar-refractivity contribution in [2.75, 3.05) is 20.8 Å². The van der Waals surface area contributed by atoms with E-state index in [0.29, 0.717) is 24.5 Å². The number of nitrogens with zero attached hydrogens (tertiary/aromatic N) is 3. The van der Waals surface area contributed by atoms with Crippen molar-refractivity contribution in [3.8, 4) is 17.2 Å². The third kappa shape index (κ3) is 5.50. The van der Waals surface area contributed by atoms with Gasteiger partial charge in [0, 0.05) is 24.9 Å². The van der Waals surface area contributed by atoms with Crippen molar-refractivity contribution in [3.63, 3.8) is 0 Å². The van der Waals surface area contributed by atoms with Crippen LogP contribution in [0.25, 0.3) is 0 Å².